The third-order valence-corrected chi connectivity index (χ3v) is 5.38. The lowest BCUT2D eigenvalue weighted by Gasteiger charge is -2.47. The van der Waals surface area contributed by atoms with Crippen molar-refractivity contribution < 1.29 is 14.3 Å². The van der Waals surface area contributed by atoms with E-state index in [0.29, 0.717) is 25.6 Å². The average Bonchev–Trinajstić information content (AvgIpc) is 2.96. The van der Waals surface area contributed by atoms with Crippen LogP contribution < -0.4 is 0 Å². The van der Waals surface area contributed by atoms with Crippen molar-refractivity contribution in [3.8, 4) is 0 Å². The van der Waals surface area contributed by atoms with Crippen molar-refractivity contribution in [1.29, 1.82) is 0 Å². The first-order chi connectivity index (χ1) is 12.2. The molecule has 1 atom stereocenters. The summed E-state index contributed by atoms with van der Waals surface area (Å²) in [4.78, 5) is 35.3. The van der Waals surface area contributed by atoms with Crippen LogP contribution in [-0.4, -0.2) is 83.5 Å². The predicted octanol–water partition coefficient (Wildman–Crippen LogP) is -0.0269. The third kappa shape index (κ3) is 3.52. The molecule has 0 N–H and O–H groups in total. The molecule has 3 saturated heterocycles. The zero-order valence-electron chi connectivity index (χ0n) is 14.3. The summed E-state index contributed by atoms with van der Waals surface area (Å²) in [6.07, 6.45) is 2.05. The first kappa shape index (κ1) is 16.5. The van der Waals surface area contributed by atoms with Gasteiger partial charge in [-0.05, 0) is 12.1 Å². The molecule has 1 aromatic heterocycles. The van der Waals surface area contributed by atoms with Crippen LogP contribution in [0.15, 0.2) is 24.4 Å². The number of likely N-dealkylation sites (tertiary alicyclic amines) is 2. The molecule has 0 radical (unpaired) electrons. The largest absolute Gasteiger partial charge is 0.379 e. The Kier molecular flexibility index (Phi) is 4.67. The highest BCUT2D eigenvalue weighted by molar-refractivity contribution is 5.89. The summed E-state index contributed by atoms with van der Waals surface area (Å²) in [5.41, 5.74) is 0.861. The summed E-state index contributed by atoms with van der Waals surface area (Å²) in [7, 11) is 0. The van der Waals surface area contributed by atoms with Gasteiger partial charge >= 0.3 is 0 Å². The first-order valence-corrected chi connectivity index (χ1v) is 8.99. The molecule has 4 heterocycles. The molecule has 7 nitrogen and oxygen atoms in total. The number of hydrogen-bond acceptors (Lipinski definition) is 5. The molecular formula is C18H24N4O3. The summed E-state index contributed by atoms with van der Waals surface area (Å²) in [6.45, 7) is 6.02. The monoisotopic (exact) mass is 344 g/mol. The summed E-state index contributed by atoms with van der Waals surface area (Å²) in [6, 6.07) is 6.13. The van der Waals surface area contributed by atoms with Crippen molar-refractivity contribution in [3.63, 3.8) is 0 Å². The maximum absolute atomic E-state index is 12.7. The predicted molar refractivity (Wildman–Crippen MR) is 90.5 cm³/mol. The lowest BCUT2D eigenvalue weighted by molar-refractivity contribution is -0.144. The Morgan fingerprint density at radius 2 is 2.00 bits per heavy atom. The molecule has 2 amide bonds. The highest BCUT2D eigenvalue weighted by atomic mass is 16.5. The maximum Gasteiger partial charge on any atom is 0.228 e. The molecular weight excluding hydrogens is 320 g/mol. The normalized spacial score (nSPS) is 25.3. The number of amides is 2. The van der Waals surface area contributed by atoms with E-state index in [4.69, 9.17) is 4.74 Å². The Bertz CT molecular complexity index is 626. The Labute approximate surface area is 147 Å². The number of carbonyl (C=O) groups excluding carboxylic acids is 2. The van der Waals surface area contributed by atoms with Crippen LogP contribution in [0.5, 0.6) is 0 Å². The van der Waals surface area contributed by atoms with Crippen LogP contribution in [0.4, 0.5) is 0 Å². The van der Waals surface area contributed by atoms with Gasteiger partial charge < -0.3 is 14.5 Å². The Hall–Kier alpha value is -1.99. The number of morpholine rings is 1. The standard InChI is InChI=1S/C18H24N4O3/c23-17-9-14(10-21(17)11-15-3-1-2-4-19-15)18(24)22-12-16(13-22)20-5-7-25-8-6-20/h1-4,14,16H,5-13H2/t14-/m0/s1. The number of nitrogens with zero attached hydrogens (tertiary/aromatic N) is 4. The molecule has 3 aliphatic heterocycles. The topological polar surface area (TPSA) is 66.0 Å². The second-order valence-corrected chi connectivity index (χ2v) is 7.04. The van der Waals surface area contributed by atoms with E-state index < -0.39 is 0 Å². The first-order valence-electron chi connectivity index (χ1n) is 8.99. The van der Waals surface area contributed by atoms with E-state index in [1.54, 1.807) is 11.1 Å². The van der Waals surface area contributed by atoms with E-state index in [9.17, 15) is 9.59 Å². The molecule has 4 rings (SSSR count). The van der Waals surface area contributed by atoms with Gasteiger partial charge in [0.05, 0.1) is 31.4 Å². The van der Waals surface area contributed by atoms with Crippen molar-refractivity contribution in [2.45, 2.75) is 19.0 Å². The zero-order valence-corrected chi connectivity index (χ0v) is 14.3. The van der Waals surface area contributed by atoms with Crippen LogP contribution in [0, 0.1) is 5.92 Å². The minimum absolute atomic E-state index is 0.0502. The summed E-state index contributed by atoms with van der Waals surface area (Å²) < 4.78 is 5.38. The summed E-state index contributed by atoms with van der Waals surface area (Å²) in [5.74, 6) is -0.0301. The zero-order chi connectivity index (χ0) is 17.2. The van der Waals surface area contributed by atoms with Crippen LogP contribution in [0.25, 0.3) is 0 Å². The van der Waals surface area contributed by atoms with E-state index in [2.05, 4.69) is 9.88 Å². The second kappa shape index (κ2) is 7.09. The molecule has 0 unspecified atom stereocenters. The molecule has 0 aromatic carbocycles. The van der Waals surface area contributed by atoms with E-state index in [0.717, 1.165) is 45.1 Å². The van der Waals surface area contributed by atoms with Gasteiger partial charge in [-0.2, -0.15) is 0 Å². The van der Waals surface area contributed by atoms with Crippen LogP contribution in [0.3, 0.4) is 0 Å². The number of hydrogen-bond donors (Lipinski definition) is 0. The summed E-state index contributed by atoms with van der Waals surface area (Å²) >= 11 is 0. The van der Waals surface area contributed by atoms with E-state index in [1.165, 1.54) is 0 Å². The van der Waals surface area contributed by atoms with Crippen molar-refractivity contribution in [2.75, 3.05) is 45.9 Å². The van der Waals surface area contributed by atoms with Gasteiger partial charge in [-0.1, -0.05) is 6.07 Å². The molecule has 7 heteroatoms. The molecule has 25 heavy (non-hydrogen) atoms. The van der Waals surface area contributed by atoms with Gasteiger partial charge in [0.15, 0.2) is 0 Å². The van der Waals surface area contributed by atoms with Crippen molar-refractivity contribution >= 4 is 11.8 Å². The number of carbonyl (C=O) groups is 2. The van der Waals surface area contributed by atoms with E-state index in [-0.39, 0.29) is 17.7 Å². The van der Waals surface area contributed by atoms with Crippen LogP contribution >= 0.6 is 0 Å². The Balaban J connectivity index is 1.28. The van der Waals surface area contributed by atoms with Crippen molar-refractivity contribution in [1.82, 2.24) is 19.7 Å². The number of aromatic nitrogens is 1. The van der Waals surface area contributed by atoms with Gasteiger partial charge in [-0.15, -0.1) is 0 Å². The molecule has 0 spiro atoms. The van der Waals surface area contributed by atoms with Gasteiger partial charge in [0.25, 0.3) is 0 Å². The van der Waals surface area contributed by atoms with E-state index in [1.807, 2.05) is 23.1 Å². The third-order valence-electron chi connectivity index (χ3n) is 5.38. The second-order valence-electron chi connectivity index (χ2n) is 7.04. The number of pyridine rings is 1. The molecule has 0 bridgehead atoms. The minimum Gasteiger partial charge on any atom is -0.379 e. The lowest BCUT2D eigenvalue weighted by Crippen LogP contribution is -2.63. The van der Waals surface area contributed by atoms with Crippen LogP contribution in [0.1, 0.15) is 12.1 Å². The Morgan fingerprint density at radius 3 is 2.72 bits per heavy atom. The van der Waals surface area contributed by atoms with Crippen LogP contribution in [0.2, 0.25) is 0 Å². The van der Waals surface area contributed by atoms with Gasteiger partial charge in [0.1, 0.15) is 0 Å². The molecule has 1 aromatic rings. The fraction of sp³-hybridized carbons (Fsp3) is 0.611. The van der Waals surface area contributed by atoms with Gasteiger partial charge in [0, 0.05) is 51.4 Å². The van der Waals surface area contributed by atoms with Gasteiger partial charge in [-0.3, -0.25) is 19.5 Å². The SMILES string of the molecule is O=C1C[C@H](C(=O)N2CC(N3CCOCC3)C2)CN1Cc1ccccn1. The fourth-order valence-corrected chi connectivity index (χ4v) is 3.84. The molecule has 3 fully saturated rings. The van der Waals surface area contributed by atoms with Gasteiger partial charge in [0.2, 0.25) is 11.8 Å². The van der Waals surface area contributed by atoms with Gasteiger partial charge in [-0.25, -0.2) is 0 Å². The fourth-order valence-electron chi connectivity index (χ4n) is 3.84. The molecule has 0 saturated carbocycles. The smallest absolute Gasteiger partial charge is 0.228 e. The van der Waals surface area contributed by atoms with Crippen molar-refractivity contribution in [2.24, 2.45) is 5.92 Å². The Morgan fingerprint density at radius 1 is 1.20 bits per heavy atom. The van der Waals surface area contributed by atoms with Crippen LogP contribution in [-0.2, 0) is 20.9 Å². The molecule has 0 aliphatic carbocycles. The van der Waals surface area contributed by atoms with Crippen molar-refractivity contribution in [3.05, 3.63) is 30.1 Å². The highest BCUT2D eigenvalue weighted by Crippen LogP contribution is 2.25. The average molecular weight is 344 g/mol. The highest BCUT2D eigenvalue weighted by Gasteiger charge is 2.42. The number of ether oxygens (including phenoxy) is 1. The summed E-state index contributed by atoms with van der Waals surface area (Å²) in [5, 5.41) is 0. The lowest BCUT2D eigenvalue weighted by atomic mass is 10.0. The number of rotatable bonds is 4. The minimum atomic E-state index is -0.207. The molecule has 3 aliphatic rings. The van der Waals surface area contributed by atoms with E-state index >= 15 is 0 Å². The quantitative estimate of drug-likeness (QED) is 0.768. The maximum atomic E-state index is 12.7. The molecule has 134 valence electrons.